The molecule has 1 amide bonds. The molecule has 170 valence electrons. The number of carbonyl (C=O) groups is 1. The molecule has 2 fully saturated rings. The second-order valence-electron chi connectivity index (χ2n) is 8.77. The van der Waals surface area contributed by atoms with Crippen LogP contribution >= 0.6 is 11.6 Å². The molecule has 0 saturated carbocycles. The molecule has 0 bridgehead atoms. The van der Waals surface area contributed by atoms with Gasteiger partial charge in [0.15, 0.2) is 0 Å². The molecule has 2 atom stereocenters. The van der Waals surface area contributed by atoms with Gasteiger partial charge in [0, 0.05) is 37.2 Å². The topological polar surface area (TPSA) is 47.6 Å². The van der Waals surface area contributed by atoms with Crippen LogP contribution in [0.5, 0.6) is 0 Å². The summed E-state index contributed by atoms with van der Waals surface area (Å²) in [5.74, 6) is 0.176. The van der Waals surface area contributed by atoms with Gasteiger partial charge in [0.2, 0.25) is 5.91 Å². The van der Waals surface area contributed by atoms with Crippen LogP contribution in [0, 0.1) is 0 Å². The summed E-state index contributed by atoms with van der Waals surface area (Å²) in [4.78, 5) is 17.7. The van der Waals surface area contributed by atoms with Gasteiger partial charge in [-0.1, -0.05) is 84.4 Å². The highest BCUT2D eigenvalue weighted by Crippen LogP contribution is 2.30. The van der Waals surface area contributed by atoms with Gasteiger partial charge in [-0.15, -0.1) is 0 Å². The van der Waals surface area contributed by atoms with Crippen molar-refractivity contribution in [3.63, 3.8) is 0 Å². The lowest BCUT2D eigenvalue weighted by Crippen LogP contribution is -2.54. The Labute approximate surface area is 200 Å². The summed E-state index contributed by atoms with van der Waals surface area (Å²) in [7, 11) is 0. The molecule has 2 N–H and O–H groups in total. The molecule has 3 aromatic rings. The number of benzene rings is 3. The van der Waals surface area contributed by atoms with E-state index in [4.69, 9.17) is 11.6 Å². The van der Waals surface area contributed by atoms with Gasteiger partial charge in [0.1, 0.15) is 6.04 Å². The molecule has 2 aliphatic heterocycles. The predicted octanol–water partition coefficient (Wildman–Crippen LogP) is 4.18. The van der Waals surface area contributed by atoms with E-state index in [0.717, 1.165) is 43.2 Å². The zero-order chi connectivity index (χ0) is 22.6. The Morgan fingerprint density at radius 3 is 1.94 bits per heavy atom. The molecule has 0 radical (unpaired) electrons. The largest absolute Gasteiger partial charge is 0.339 e. The van der Waals surface area contributed by atoms with Crippen LogP contribution in [0.15, 0.2) is 84.9 Å². The van der Waals surface area contributed by atoms with E-state index in [1.165, 1.54) is 11.1 Å². The Morgan fingerprint density at radius 2 is 1.36 bits per heavy atom. The maximum atomic E-state index is 13.2. The first-order chi connectivity index (χ1) is 16.2. The van der Waals surface area contributed by atoms with Gasteiger partial charge in [0.25, 0.3) is 0 Å². The van der Waals surface area contributed by atoms with Crippen molar-refractivity contribution in [2.45, 2.75) is 24.5 Å². The molecule has 33 heavy (non-hydrogen) atoms. The second-order valence-corrected chi connectivity index (χ2v) is 9.20. The fourth-order valence-corrected chi connectivity index (χ4v) is 5.06. The number of hydrazine groups is 1. The van der Waals surface area contributed by atoms with Crippen LogP contribution in [0.1, 0.15) is 35.2 Å². The lowest BCUT2D eigenvalue weighted by atomic mass is 9.96. The molecular formula is C27H29ClN4O. The van der Waals surface area contributed by atoms with E-state index in [9.17, 15) is 4.79 Å². The molecule has 2 unspecified atom stereocenters. The first-order valence-electron chi connectivity index (χ1n) is 11.6. The van der Waals surface area contributed by atoms with Crippen molar-refractivity contribution in [1.82, 2.24) is 20.7 Å². The molecule has 2 aliphatic rings. The molecule has 5 nitrogen and oxygen atoms in total. The van der Waals surface area contributed by atoms with Gasteiger partial charge in [-0.3, -0.25) is 9.69 Å². The number of amides is 1. The van der Waals surface area contributed by atoms with Crippen LogP contribution in [-0.2, 0) is 4.79 Å². The number of hydrogen-bond acceptors (Lipinski definition) is 4. The maximum absolute atomic E-state index is 13.2. The minimum absolute atomic E-state index is 0.109. The predicted molar refractivity (Wildman–Crippen MR) is 132 cm³/mol. The van der Waals surface area contributed by atoms with Gasteiger partial charge < -0.3 is 4.90 Å². The summed E-state index contributed by atoms with van der Waals surface area (Å²) in [5.41, 5.74) is 10.2. The van der Waals surface area contributed by atoms with E-state index in [0.29, 0.717) is 0 Å². The number of piperazine rings is 1. The number of halogens is 1. The lowest BCUT2D eigenvalue weighted by Gasteiger charge is -2.40. The number of carbonyl (C=O) groups excluding carboxylic acids is 1. The average molecular weight is 461 g/mol. The van der Waals surface area contributed by atoms with Crippen LogP contribution in [0.25, 0.3) is 0 Å². The molecule has 6 heteroatoms. The van der Waals surface area contributed by atoms with E-state index < -0.39 is 0 Å². The zero-order valence-electron chi connectivity index (χ0n) is 18.5. The molecule has 0 aliphatic carbocycles. The van der Waals surface area contributed by atoms with Crippen molar-refractivity contribution < 1.29 is 4.79 Å². The Morgan fingerprint density at radius 1 is 0.788 bits per heavy atom. The van der Waals surface area contributed by atoms with Crippen LogP contribution < -0.4 is 10.9 Å². The molecule has 2 saturated heterocycles. The third-order valence-electron chi connectivity index (χ3n) is 6.70. The Kier molecular flexibility index (Phi) is 6.74. The molecule has 3 aromatic carbocycles. The summed E-state index contributed by atoms with van der Waals surface area (Å²) < 4.78 is 0. The highest BCUT2D eigenvalue weighted by Gasteiger charge is 2.35. The molecule has 2 heterocycles. The zero-order valence-corrected chi connectivity index (χ0v) is 19.3. The fourth-order valence-electron chi connectivity index (χ4n) is 4.94. The van der Waals surface area contributed by atoms with Gasteiger partial charge in [-0.25, -0.2) is 10.9 Å². The van der Waals surface area contributed by atoms with E-state index in [1.54, 1.807) is 0 Å². The van der Waals surface area contributed by atoms with Crippen LogP contribution in [0.3, 0.4) is 0 Å². The number of nitrogens with one attached hydrogen (secondary N) is 2. The molecular weight excluding hydrogens is 432 g/mol. The summed E-state index contributed by atoms with van der Waals surface area (Å²) in [5, 5.41) is 0.722. The third kappa shape index (κ3) is 4.97. The fraction of sp³-hybridized carbons (Fsp3) is 0.296. The highest BCUT2D eigenvalue weighted by atomic mass is 35.5. The maximum Gasteiger partial charge on any atom is 0.241 e. The highest BCUT2D eigenvalue weighted by molar-refractivity contribution is 6.30. The minimum Gasteiger partial charge on any atom is -0.339 e. The average Bonchev–Trinajstić information content (AvgIpc) is 3.36. The van der Waals surface area contributed by atoms with Crippen molar-refractivity contribution in [3.05, 3.63) is 107 Å². The van der Waals surface area contributed by atoms with E-state index in [2.05, 4.69) is 76.4 Å². The second kappa shape index (κ2) is 10.1. The first kappa shape index (κ1) is 22.1. The van der Waals surface area contributed by atoms with Gasteiger partial charge in [0.05, 0.1) is 6.04 Å². The summed E-state index contributed by atoms with van der Waals surface area (Å²) in [6.07, 6.45) is 0.733. The van der Waals surface area contributed by atoms with Crippen LogP contribution in [0.2, 0.25) is 5.02 Å². The molecule has 0 aromatic heterocycles. The Balaban J connectivity index is 1.23. The Bertz CT molecular complexity index is 1010. The monoisotopic (exact) mass is 460 g/mol. The van der Waals surface area contributed by atoms with Crippen molar-refractivity contribution in [3.8, 4) is 0 Å². The summed E-state index contributed by atoms with van der Waals surface area (Å²) >= 11 is 6.01. The number of hydrogen-bond donors (Lipinski definition) is 2. The number of nitrogens with zero attached hydrogens (tertiary/aromatic N) is 2. The quantitative estimate of drug-likeness (QED) is 0.599. The SMILES string of the molecule is O=C(C1CC(c2ccc(Cl)cc2)NN1)N1CCN(C(c2ccccc2)c2ccccc2)CC1. The van der Waals surface area contributed by atoms with Crippen molar-refractivity contribution in [2.24, 2.45) is 0 Å². The van der Waals surface area contributed by atoms with Crippen LogP contribution in [-0.4, -0.2) is 47.9 Å². The molecule has 5 rings (SSSR count). The first-order valence-corrected chi connectivity index (χ1v) is 12.0. The smallest absolute Gasteiger partial charge is 0.241 e. The minimum atomic E-state index is -0.212. The van der Waals surface area contributed by atoms with E-state index in [-0.39, 0.29) is 24.0 Å². The Hall–Kier alpha value is -2.70. The van der Waals surface area contributed by atoms with Gasteiger partial charge >= 0.3 is 0 Å². The summed E-state index contributed by atoms with van der Waals surface area (Å²) in [6.45, 7) is 3.17. The number of rotatable bonds is 5. The van der Waals surface area contributed by atoms with Crippen molar-refractivity contribution >= 4 is 17.5 Å². The summed E-state index contributed by atoms with van der Waals surface area (Å²) in [6, 6.07) is 29.2. The van der Waals surface area contributed by atoms with Crippen LogP contribution in [0.4, 0.5) is 0 Å². The third-order valence-corrected chi connectivity index (χ3v) is 6.95. The van der Waals surface area contributed by atoms with Gasteiger partial charge in [-0.05, 0) is 35.2 Å². The van der Waals surface area contributed by atoms with Gasteiger partial charge in [-0.2, -0.15) is 0 Å². The van der Waals surface area contributed by atoms with Crippen molar-refractivity contribution in [2.75, 3.05) is 26.2 Å². The lowest BCUT2D eigenvalue weighted by molar-refractivity contribution is -0.135. The van der Waals surface area contributed by atoms with E-state index in [1.807, 2.05) is 29.2 Å². The van der Waals surface area contributed by atoms with E-state index >= 15 is 0 Å². The van der Waals surface area contributed by atoms with Crippen molar-refractivity contribution in [1.29, 1.82) is 0 Å². The molecule has 0 spiro atoms. The normalized spacial score (nSPS) is 21.5. The standard InChI is InChI=1S/C27H29ClN4O/c28-23-13-11-20(12-14-23)24-19-25(30-29-24)27(33)32-17-15-31(16-18-32)26(21-7-3-1-4-8-21)22-9-5-2-6-10-22/h1-14,24-26,29-30H,15-19H2.